The Morgan fingerprint density at radius 1 is 1.50 bits per heavy atom. The highest BCUT2D eigenvalue weighted by atomic mass is 16.2. The molecule has 0 aromatic heterocycles. The van der Waals surface area contributed by atoms with Gasteiger partial charge < -0.3 is 10.2 Å². The van der Waals surface area contributed by atoms with Crippen LogP contribution in [0.5, 0.6) is 0 Å². The van der Waals surface area contributed by atoms with Crippen molar-refractivity contribution in [2.75, 3.05) is 26.2 Å². The van der Waals surface area contributed by atoms with Crippen LogP contribution < -0.4 is 5.32 Å². The van der Waals surface area contributed by atoms with Crippen molar-refractivity contribution in [2.45, 2.75) is 39.5 Å². The van der Waals surface area contributed by atoms with Gasteiger partial charge in [0.15, 0.2) is 0 Å². The molecule has 92 valence electrons. The zero-order valence-electron chi connectivity index (χ0n) is 10.6. The fourth-order valence-corrected chi connectivity index (χ4v) is 2.72. The van der Waals surface area contributed by atoms with Crippen molar-refractivity contribution in [1.82, 2.24) is 10.2 Å². The summed E-state index contributed by atoms with van der Waals surface area (Å²) in [5, 5.41) is 3.31. The molecule has 3 nitrogen and oxygen atoms in total. The van der Waals surface area contributed by atoms with Crippen LogP contribution in [0.2, 0.25) is 0 Å². The molecule has 0 aromatic carbocycles. The monoisotopic (exact) mass is 224 g/mol. The summed E-state index contributed by atoms with van der Waals surface area (Å²) in [5.74, 6) is 1.15. The molecule has 1 aliphatic heterocycles. The molecule has 3 heteroatoms. The van der Waals surface area contributed by atoms with Crippen LogP contribution in [0.1, 0.15) is 39.5 Å². The Hall–Kier alpha value is -0.570. The lowest BCUT2D eigenvalue weighted by Gasteiger charge is -2.36. The van der Waals surface area contributed by atoms with Crippen molar-refractivity contribution >= 4 is 5.91 Å². The second kappa shape index (κ2) is 4.74. The maximum Gasteiger partial charge on any atom is 0.229 e. The van der Waals surface area contributed by atoms with Crippen LogP contribution >= 0.6 is 0 Å². The molecule has 0 bridgehead atoms. The van der Waals surface area contributed by atoms with Gasteiger partial charge in [0.05, 0.1) is 5.41 Å². The van der Waals surface area contributed by atoms with E-state index in [0.29, 0.717) is 5.91 Å². The van der Waals surface area contributed by atoms with Crippen molar-refractivity contribution < 1.29 is 4.79 Å². The highest BCUT2D eigenvalue weighted by Crippen LogP contribution is 2.31. The van der Waals surface area contributed by atoms with Gasteiger partial charge in [-0.1, -0.05) is 6.42 Å². The SMILES string of the molecule is CCN(CC1CCC1)C(=O)C1(C)CCNC1. The average Bonchev–Trinajstić information content (AvgIpc) is 2.64. The fraction of sp³-hybridized carbons (Fsp3) is 0.923. The standard InChI is InChI=1S/C13H24N2O/c1-3-15(9-11-5-4-6-11)12(16)13(2)7-8-14-10-13/h11,14H,3-10H2,1-2H3. The first-order valence-electron chi connectivity index (χ1n) is 6.66. The van der Waals surface area contributed by atoms with E-state index in [1.807, 2.05) is 0 Å². The van der Waals surface area contributed by atoms with Crippen LogP contribution in [-0.2, 0) is 4.79 Å². The van der Waals surface area contributed by atoms with Crippen molar-refractivity contribution in [3.63, 3.8) is 0 Å². The molecule has 2 fully saturated rings. The molecule has 0 spiro atoms. The van der Waals surface area contributed by atoms with Gasteiger partial charge in [0, 0.05) is 19.6 Å². The zero-order valence-corrected chi connectivity index (χ0v) is 10.6. The molecule has 2 aliphatic rings. The van der Waals surface area contributed by atoms with Crippen molar-refractivity contribution in [2.24, 2.45) is 11.3 Å². The lowest BCUT2D eigenvalue weighted by Crippen LogP contribution is -2.46. The fourth-order valence-electron chi connectivity index (χ4n) is 2.72. The lowest BCUT2D eigenvalue weighted by molar-refractivity contribution is -0.141. The van der Waals surface area contributed by atoms with Crippen LogP contribution in [0.4, 0.5) is 0 Å². The molecule has 1 atom stereocenters. The molecular weight excluding hydrogens is 200 g/mol. The maximum atomic E-state index is 12.5. The molecule has 1 saturated heterocycles. The molecule has 16 heavy (non-hydrogen) atoms. The van der Waals surface area contributed by atoms with E-state index in [9.17, 15) is 4.79 Å². The number of carbonyl (C=O) groups excluding carboxylic acids is 1. The minimum atomic E-state index is -0.139. The van der Waals surface area contributed by atoms with Crippen molar-refractivity contribution in [3.8, 4) is 0 Å². The number of nitrogens with zero attached hydrogens (tertiary/aromatic N) is 1. The third kappa shape index (κ3) is 2.24. The van der Waals surface area contributed by atoms with E-state index in [1.165, 1.54) is 19.3 Å². The van der Waals surface area contributed by atoms with Gasteiger partial charge >= 0.3 is 0 Å². The quantitative estimate of drug-likeness (QED) is 0.787. The summed E-state index contributed by atoms with van der Waals surface area (Å²) in [6, 6.07) is 0. The van der Waals surface area contributed by atoms with E-state index < -0.39 is 0 Å². The first kappa shape index (κ1) is 11.9. The van der Waals surface area contributed by atoms with E-state index in [0.717, 1.165) is 38.5 Å². The van der Waals surface area contributed by atoms with Gasteiger partial charge in [-0.05, 0) is 45.6 Å². The Balaban J connectivity index is 1.93. The second-order valence-corrected chi connectivity index (χ2v) is 5.63. The maximum absolute atomic E-state index is 12.5. The molecule has 0 radical (unpaired) electrons. The highest BCUT2D eigenvalue weighted by molar-refractivity contribution is 5.83. The van der Waals surface area contributed by atoms with Crippen LogP contribution in [0.3, 0.4) is 0 Å². The first-order valence-corrected chi connectivity index (χ1v) is 6.66. The van der Waals surface area contributed by atoms with E-state index in [4.69, 9.17) is 0 Å². The summed E-state index contributed by atoms with van der Waals surface area (Å²) in [6.07, 6.45) is 4.99. The topological polar surface area (TPSA) is 32.3 Å². The van der Waals surface area contributed by atoms with Crippen molar-refractivity contribution in [1.29, 1.82) is 0 Å². The first-order chi connectivity index (χ1) is 7.65. The molecule has 1 aliphatic carbocycles. The minimum Gasteiger partial charge on any atom is -0.342 e. The predicted molar refractivity (Wildman–Crippen MR) is 65.2 cm³/mol. The predicted octanol–water partition coefficient (Wildman–Crippen LogP) is 1.63. The molecule has 1 N–H and O–H groups in total. The van der Waals surface area contributed by atoms with Crippen LogP contribution in [0.15, 0.2) is 0 Å². The Kier molecular flexibility index (Phi) is 3.53. The summed E-state index contributed by atoms with van der Waals surface area (Å²) in [6.45, 7) is 7.91. The smallest absolute Gasteiger partial charge is 0.229 e. The highest BCUT2D eigenvalue weighted by Gasteiger charge is 2.39. The molecule has 0 aromatic rings. The number of rotatable bonds is 4. The normalized spacial score (nSPS) is 30.1. The zero-order chi connectivity index (χ0) is 11.6. The van der Waals surface area contributed by atoms with Gasteiger partial charge in [-0.3, -0.25) is 4.79 Å². The van der Waals surface area contributed by atoms with Gasteiger partial charge in [-0.15, -0.1) is 0 Å². The summed E-state index contributed by atoms with van der Waals surface area (Å²) in [7, 11) is 0. The van der Waals surface area contributed by atoms with Crippen molar-refractivity contribution in [3.05, 3.63) is 0 Å². The van der Waals surface area contributed by atoms with Gasteiger partial charge in [0.1, 0.15) is 0 Å². The van der Waals surface area contributed by atoms with Crippen LogP contribution in [-0.4, -0.2) is 37.0 Å². The van der Waals surface area contributed by atoms with E-state index in [1.54, 1.807) is 0 Å². The Bertz CT molecular complexity index is 255. The van der Waals surface area contributed by atoms with Gasteiger partial charge in [0.25, 0.3) is 0 Å². The molecular formula is C13H24N2O. The van der Waals surface area contributed by atoms with Gasteiger partial charge in [-0.2, -0.15) is 0 Å². The van der Waals surface area contributed by atoms with Gasteiger partial charge in [0.2, 0.25) is 5.91 Å². The summed E-state index contributed by atoms with van der Waals surface area (Å²) >= 11 is 0. The molecule has 2 rings (SSSR count). The molecule has 1 unspecified atom stereocenters. The molecule has 1 saturated carbocycles. The summed E-state index contributed by atoms with van der Waals surface area (Å²) in [4.78, 5) is 14.5. The third-order valence-electron chi connectivity index (χ3n) is 4.26. The Morgan fingerprint density at radius 2 is 2.25 bits per heavy atom. The Labute approximate surface area is 98.6 Å². The van der Waals surface area contributed by atoms with E-state index in [-0.39, 0.29) is 5.41 Å². The lowest BCUT2D eigenvalue weighted by atomic mass is 9.83. The molecule has 1 amide bonds. The number of nitrogens with one attached hydrogen (secondary N) is 1. The summed E-state index contributed by atoms with van der Waals surface area (Å²) < 4.78 is 0. The number of hydrogen-bond donors (Lipinski definition) is 1. The van der Waals surface area contributed by atoms with E-state index >= 15 is 0 Å². The number of amides is 1. The second-order valence-electron chi connectivity index (χ2n) is 5.63. The molecule has 1 heterocycles. The Morgan fingerprint density at radius 3 is 2.69 bits per heavy atom. The number of carbonyl (C=O) groups is 1. The third-order valence-corrected chi connectivity index (χ3v) is 4.26. The van der Waals surface area contributed by atoms with Crippen LogP contribution in [0.25, 0.3) is 0 Å². The van der Waals surface area contributed by atoms with E-state index in [2.05, 4.69) is 24.1 Å². The largest absolute Gasteiger partial charge is 0.342 e. The summed E-state index contributed by atoms with van der Waals surface area (Å²) in [5.41, 5.74) is -0.139. The average molecular weight is 224 g/mol. The van der Waals surface area contributed by atoms with Crippen LogP contribution in [0, 0.1) is 11.3 Å². The number of hydrogen-bond acceptors (Lipinski definition) is 2. The minimum absolute atomic E-state index is 0.139. The van der Waals surface area contributed by atoms with Gasteiger partial charge in [-0.25, -0.2) is 0 Å².